The maximum atomic E-state index is 5.05. The number of nitrogens with zero attached hydrogens (tertiary/aromatic N) is 6. The summed E-state index contributed by atoms with van der Waals surface area (Å²) in [4.78, 5) is 9.85. The quantitative estimate of drug-likeness (QED) is 0.293. The number of aromatic nitrogens is 4. The first-order valence-corrected chi connectivity index (χ1v) is 13.4. The van der Waals surface area contributed by atoms with Gasteiger partial charge in [-0.15, -0.1) is 0 Å². The van der Waals surface area contributed by atoms with Gasteiger partial charge in [0, 0.05) is 13.2 Å². The van der Waals surface area contributed by atoms with E-state index in [0.717, 1.165) is 22.8 Å². The molecule has 0 aliphatic carbocycles. The highest BCUT2D eigenvalue weighted by Gasteiger charge is 2.43. The minimum atomic E-state index is -0.312. The molecule has 6 nitrogen and oxygen atoms in total. The fraction of sp³-hybridized carbons (Fsp3) is 0.419. The van der Waals surface area contributed by atoms with Crippen LogP contribution in [0.25, 0.3) is 16.7 Å². The highest BCUT2D eigenvalue weighted by atomic mass is 15.5. The first-order chi connectivity index (χ1) is 17.5. The summed E-state index contributed by atoms with van der Waals surface area (Å²) in [7, 11) is 4.26. The predicted octanol–water partition coefficient (Wildman–Crippen LogP) is 6.31. The number of hydrogen-bond donors (Lipinski definition) is 0. The SMILES string of the molecule is CC(C)c1cccc(C(C)C)c1-n1cc[n+](C)c1N1C=CN(C(C)(C)c2nc3ccccc3n2C)[C@@H]1C. The molecule has 0 unspecified atom stereocenters. The molecule has 194 valence electrons. The molecule has 0 bridgehead atoms. The number of imidazole rings is 2. The molecule has 3 heterocycles. The van der Waals surface area contributed by atoms with Gasteiger partial charge in [0.2, 0.25) is 0 Å². The van der Waals surface area contributed by atoms with Crippen molar-refractivity contribution in [3.05, 3.63) is 84.2 Å². The lowest BCUT2D eigenvalue weighted by Gasteiger charge is -2.38. The van der Waals surface area contributed by atoms with Crippen LogP contribution < -0.4 is 9.47 Å². The van der Waals surface area contributed by atoms with Crippen molar-refractivity contribution >= 4 is 17.0 Å². The van der Waals surface area contributed by atoms with Crippen LogP contribution in [0.5, 0.6) is 0 Å². The van der Waals surface area contributed by atoms with Crippen LogP contribution in [0.3, 0.4) is 0 Å². The maximum absolute atomic E-state index is 5.05. The molecule has 2 aromatic heterocycles. The van der Waals surface area contributed by atoms with Gasteiger partial charge in [-0.1, -0.05) is 58.0 Å². The number of hydrogen-bond acceptors (Lipinski definition) is 3. The minimum Gasteiger partial charge on any atom is -0.330 e. The van der Waals surface area contributed by atoms with E-state index in [1.165, 1.54) is 16.8 Å². The molecule has 1 atom stereocenters. The summed E-state index contributed by atoms with van der Waals surface area (Å²) < 4.78 is 6.85. The number of aryl methyl sites for hydroxylation is 2. The van der Waals surface area contributed by atoms with E-state index < -0.39 is 0 Å². The zero-order valence-corrected chi connectivity index (χ0v) is 23.8. The molecule has 0 spiro atoms. The largest absolute Gasteiger partial charge is 0.370 e. The molecule has 1 aliphatic rings. The molecule has 0 amide bonds. The van der Waals surface area contributed by atoms with Gasteiger partial charge in [0.25, 0.3) is 0 Å². The van der Waals surface area contributed by atoms with E-state index in [-0.39, 0.29) is 11.7 Å². The van der Waals surface area contributed by atoms with Crippen LogP contribution in [0.15, 0.2) is 67.3 Å². The molecular formula is C31H41N6+. The summed E-state index contributed by atoms with van der Waals surface area (Å²) in [6.07, 6.45) is 8.91. The summed E-state index contributed by atoms with van der Waals surface area (Å²) in [6, 6.07) is 15.1. The summed E-state index contributed by atoms with van der Waals surface area (Å²) in [5, 5.41) is 0. The molecule has 0 radical (unpaired) electrons. The number of para-hydroxylation sites is 3. The van der Waals surface area contributed by atoms with Crippen LogP contribution >= 0.6 is 0 Å². The topological polar surface area (TPSA) is 33.1 Å². The van der Waals surface area contributed by atoms with E-state index in [2.05, 4.69) is 153 Å². The van der Waals surface area contributed by atoms with Gasteiger partial charge in [-0.2, -0.15) is 0 Å². The second-order valence-electron chi connectivity index (χ2n) is 11.5. The van der Waals surface area contributed by atoms with Crippen LogP contribution in [0.2, 0.25) is 0 Å². The number of anilines is 1. The summed E-state index contributed by atoms with van der Waals surface area (Å²) in [5.41, 5.74) is 5.93. The van der Waals surface area contributed by atoms with Gasteiger partial charge in [-0.25, -0.2) is 19.0 Å². The Bertz CT molecular complexity index is 1440. The van der Waals surface area contributed by atoms with Gasteiger partial charge in [0.15, 0.2) is 6.17 Å². The third-order valence-electron chi connectivity index (χ3n) is 7.96. The van der Waals surface area contributed by atoms with E-state index in [1.54, 1.807) is 0 Å². The highest BCUT2D eigenvalue weighted by molar-refractivity contribution is 5.76. The van der Waals surface area contributed by atoms with Crippen molar-refractivity contribution in [1.82, 2.24) is 19.0 Å². The fourth-order valence-corrected chi connectivity index (χ4v) is 5.96. The van der Waals surface area contributed by atoms with E-state index in [0.29, 0.717) is 11.8 Å². The van der Waals surface area contributed by atoms with Gasteiger partial charge in [-0.05, 0) is 55.9 Å². The van der Waals surface area contributed by atoms with Gasteiger partial charge in [-0.3, -0.25) is 0 Å². The summed E-state index contributed by atoms with van der Waals surface area (Å²) in [6.45, 7) is 15.9. The van der Waals surface area contributed by atoms with E-state index in [1.807, 2.05) is 0 Å². The standard InChI is InChI=1S/C31H41N6/c1-21(2)24-13-12-14-25(22(3)4)28(24)36-18-17-33(8)30(36)35-19-20-37(23(35)5)31(6,7)29-32-26-15-10-11-16-27(26)34(29)9/h10-23H,1-9H3/q+1/t23-/m1/s1. The molecule has 37 heavy (non-hydrogen) atoms. The first-order valence-electron chi connectivity index (χ1n) is 13.4. The Balaban J connectivity index is 1.58. The Morgan fingerprint density at radius 2 is 1.57 bits per heavy atom. The van der Waals surface area contributed by atoms with E-state index >= 15 is 0 Å². The van der Waals surface area contributed by atoms with Crippen LogP contribution in [-0.2, 0) is 19.6 Å². The molecule has 0 fully saturated rings. The van der Waals surface area contributed by atoms with Gasteiger partial charge in [0.05, 0.1) is 36.0 Å². The van der Waals surface area contributed by atoms with Crippen molar-refractivity contribution in [2.24, 2.45) is 14.1 Å². The highest BCUT2D eigenvalue weighted by Crippen LogP contribution is 2.38. The Morgan fingerprint density at radius 1 is 0.919 bits per heavy atom. The Morgan fingerprint density at radius 3 is 2.19 bits per heavy atom. The zero-order chi connectivity index (χ0) is 26.6. The monoisotopic (exact) mass is 497 g/mol. The second kappa shape index (κ2) is 9.09. The van der Waals surface area contributed by atoms with Crippen molar-refractivity contribution in [2.75, 3.05) is 4.90 Å². The third-order valence-corrected chi connectivity index (χ3v) is 7.96. The fourth-order valence-electron chi connectivity index (χ4n) is 5.96. The van der Waals surface area contributed by atoms with Gasteiger partial charge >= 0.3 is 5.95 Å². The van der Waals surface area contributed by atoms with Crippen LogP contribution in [0.4, 0.5) is 5.95 Å². The molecule has 0 N–H and O–H groups in total. The van der Waals surface area contributed by atoms with Crippen LogP contribution in [-0.4, -0.2) is 25.2 Å². The molecule has 0 saturated heterocycles. The average Bonchev–Trinajstić information content (AvgIpc) is 3.53. The lowest BCUT2D eigenvalue weighted by molar-refractivity contribution is -0.657. The lowest BCUT2D eigenvalue weighted by atomic mass is 9.92. The third kappa shape index (κ3) is 3.94. The second-order valence-corrected chi connectivity index (χ2v) is 11.5. The maximum Gasteiger partial charge on any atom is 0.370 e. The molecule has 1 aliphatic heterocycles. The van der Waals surface area contributed by atoms with Crippen LogP contribution in [0.1, 0.15) is 77.3 Å². The van der Waals surface area contributed by atoms with Crippen LogP contribution in [0, 0.1) is 0 Å². The van der Waals surface area contributed by atoms with E-state index in [9.17, 15) is 0 Å². The minimum absolute atomic E-state index is 0.100. The lowest BCUT2D eigenvalue weighted by Crippen LogP contribution is -2.50. The number of fused-ring (bicyclic) bond motifs is 1. The van der Waals surface area contributed by atoms with Gasteiger partial charge < -0.3 is 9.47 Å². The van der Waals surface area contributed by atoms with Crippen molar-refractivity contribution in [3.8, 4) is 5.69 Å². The Kier molecular flexibility index (Phi) is 6.17. The number of rotatable bonds is 6. The van der Waals surface area contributed by atoms with Crippen molar-refractivity contribution < 1.29 is 4.57 Å². The smallest absolute Gasteiger partial charge is 0.330 e. The molecule has 5 rings (SSSR count). The van der Waals surface area contributed by atoms with E-state index in [4.69, 9.17) is 4.98 Å². The molecule has 4 aromatic rings. The number of benzene rings is 2. The zero-order valence-electron chi connectivity index (χ0n) is 23.8. The average molecular weight is 498 g/mol. The van der Waals surface area contributed by atoms with Gasteiger partial charge in [0.1, 0.15) is 17.7 Å². The summed E-state index contributed by atoms with van der Waals surface area (Å²) in [5.74, 6) is 3.05. The summed E-state index contributed by atoms with van der Waals surface area (Å²) >= 11 is 0. The first kappa shape index (κ1) is 25.1. The van der Waals surface area contributed by atoms with Crippen molar-refractivity contribution in [1.29, 1.82) is 0 Å². The van der Waals surface area contributed by atoms with Crippen molar-refractivity contribution in [2.45, 2.75) is 72.0 Å². The molecule has 2 aromatic carbocycles. The molecule has 0 saturated carbocycles. The molecular weight excluding hydrogens is 456 g/mol. The normalized spacial score (nSPS) is 16.2. The molecule has 6 heteroatoms. The Hall–Kier alpha value is -3.54. The van der Waals surface area contributed by atoms with Crippen molar-refractivity contribution in [3.63, 3.8) is 0 Å². The Labute approximate surface area is 221 Å². The predicted molar refractivity (Wildman–Crippen MR) is 152 cm³/mol.